The maximum Gasteiger partial charge on any atom is 0.242 e. The quantitative estimate of drug-likeness (QED) is 0.367. The van der Waals surface area contributed by atoms with E-state index in [1.54, 1.807) is 7.05 Å². The Morgan fingerprint density at radius 2 is 1.88 bits per heavy atom. The Kier molecular flexibility index (Phi) is 12.3. The summed E-state index contributed by atoms with van der Waals surface area (Å²) in [6.07, 6.45) is 1.07. The second-order valence-corrected chi connectivity index (χ2v) is 5.93. The van der Waals surface area contributed by atoms with Gasteiger partial charge in [-0.05, 0) is 24.8 Å². The summed E-state index contributed by atoms with van der Waals surface area (Å²) >= 11 is 0. The van der Waals surface area contributed by atoms with Gasteiger partial charge in [-0.3, -0.25) is 9.79 Å². The highest BCUT2D eigenvalue weighted by Crippen LogP contribution is 2.04. The molecule has 0 aromatic heterocycles. The Morgan fingerprint density at radius 1 is 1.21 bits per heavy atom. The average Bonchev–Trinajstić information content (AvgIpc) is 2.56. The normalized spacial score (nSPS) is 11.0. The molecule has 0 aliphatic heterocycles. The van der Waals surface area contributed by atoms with Gasteiger partial charge in [-0.15, -0.1) is 24.0 Å². The van der Waals surface area contributed by atoms with Crippen LogP contribution in [0.3, 0.4) is 0 Å². The molecule has 24 heavy (non-hydrogen) atoms. The van der Waals surface area contributed by atoms with Crippen LogP contribution < -0.4 is 10.6 Å². The van der Waals surface area contributed by atoms with E-state index in [2.05, 4.69) is 29.5 Å². The van der Waals surface area contributed by atoms with Crippen molar-refractivity contribution in [3.8, 4) is 0 Å². The number of benzene rings is 1. The first-order valence-electron chi connectivity index (χ1n) is 8.33. The number of amides is 1. The second-order valence-electron chi connectivity index (χ2n) is 5.93. The fourth-order valence-corrected chi connectivity index (χ4v) is 2.15. The number of rotatable bonds is 8. The van der Waals surface area contributed by atoms with E-state index in [9.17, 15) is 4.79 Å². The molecule has 0 saturated carbocycles. The number of halogens is 1. The summed E-state index contributed by atoms with van der Waals surface area (Å²) in [5.41, 5.74) is 1.14. The van der Waals surface area contributed by atoms with Crippen LogP contribution in [-0.4, -0.2) is 43.4 Å². The summed E-state index contributed by atoms with van der Waals surface area (Å²) in [5, 5.41) is 6.32. The maximum absolute atomic E-state index is 12.4. The molecule has 1 amide bonds. The molecule has 136 valence electrons. The summed E-state index contributed by atoms with van der Waals surface area (Å²) < 4.78 is 0. The molecular weight excluding hydrogens is 415 g/mol. The van der Waals surface area contributed by atoms with Crippen LogP contribution in [0.25, 0.3) is 0 Å². The van der Waals surface area contributed by atoms with Crippen molar-refractivity contribution in [1.82, 2.24) is 15.5 Å². The van der Waals surface area contributed by atoms with Gasteiger partial charge >= 0.3 is 0 Å². The fourth-order valence-electron chi connectivity index (χ4n) is 2.15. The molecule has 0 aliphatic rings. The van der Waals surface area contributed by atoms with Crippen LogP contribution in [0, 0.1) is 5.92 Å². The minimum atomic E-state index is 0. The molecule has 0 spiro atoms. The first kappa shape index (κ1) is 22.7. The third kappa shape index (κ3) is 9.10. The number of carbonyl (C=O) groups is 1. The largest absolute Gasteiger partial charge is 0.356 e. The number of guanidine groups is 1. The van der Waals surface area contributed by atoms with Gasteiger partial charge in [0.2, 0.25) is 5.91 Å². The van der Waals surface area contributed by atoms with Crippen LogP contribution in [0.5, 0.6) is 0 Å². The molecule has 5 nitrogen and oxygen atoms in total. The zero-order valence-corrected chi connectivity index (χ0v) is 17.5. The van der Waals surface area contributed by atoms with Crippen molar-refractivity contribution >= 4 is 35.8 Å². The zero-order chi connectivity index (χ0) is 17.1. The maximum atomic E-state index is 12.4. The molecule has 6 heteroatoms. The van der Waals surface area contributed by atoms with E-state index in [0.717, 1.165) is 18.5 Å². The van der Waals surface area contributed by atoms with E-state index in [4.69, 9.17) is 0 Å². The first-order valence-corrected chi connectivity index (χ1v) is 8.33. The fraction of sp³-hybridized carbons (Fsp3) is 0.556. The highest BCUT2D eigenvalue weighted by atomic mass is 127. The standard InChI is InChI=1S/C18H30N4O.HI/c1-5-22(14-16-9-7-6-8-10-16)17(23)13-21-18(19-4)20-12-11-15(2)3;/h6-10,15H,5,11-14H2,1-4H3,(H2,19,20,21);1H. The molecule has 0 atom stereocenters. The van der Waals surface area contributed by atoms with Gasteiger partial charge in [-0.1, -0.05) is 44.2 Å². The second kappa shape index (κ2) is 13.0. The lowest BCUT2D eigenvalue weighted by atomic mass is 10.1. The number of hydrogen-bond acceptors (Lipinski definition) is 2. The van der Waals surface area contributed by atoms with Crippen molar-refractivity contribution in [2.75, 3.05) is 26.7 Å². The van der Waals surface area contributed by atoms with Crippen molar-refractivity contribution in [2.24, 2.45) is 10.9 Å². The number of aliphatic imine (C=N–C) groups is 1. The predicted molar refractivity (Wildman–Crippen MR) is 112 cm³/mol. The molecule has 2 N–H and O–H groups in total. The number of nitrogens with one attached hydrogen (secondary N) is 2. The van der Waals surface area contributed by atoms with Crippen molar-refractivity contribution in [1.29, 1.82) is 0 Å². The lowest BCUT2D eigenvalue weighted by molar-refractivity contribution is -0.130. The summed E-state index contributed by atoms with van der Waals surface area (Å²) in [7, 11) is 1.72. The first-order chi connectivity index (χ1) is 11.1. The Morgan fingerprint density at radius 3 is 2.42 bits per heavy atom. The van der Waals surface area contributed by atoms with Crippen LogP contribution in [0.1, 0.15) is 32.8 Å². The van der Waals surface area contributed by atoms with Gasteiger partial charge in [0, 0.05) is 26.7 Å². The monoisotopic (exact) mass is 446 g/mol. The van der Waals surface area contributed by atoms with Crippen molar-refractivity contribution in [2.45, 2.75) is 33.7 Å². The number of likely N-dealkylation sites (N-methyl/N-ethyl adjacent to an activating group) is 1. The van der Waals surface area contributed by atoms with Crippen LogP contribution in [0.4, 0.5) is 0 Å². The molecule has 0 bridgehead atoms. The Balaban J connectivity index is 0.00000529. The number of carbonyl (C=O) groups excluding carboxylic acids is 1. The molecule has 1 aromatic carbocycles. The molecule has 0 saturated heterocycles. The third-order valence-electron chi connectivity index (χ3n) is 3.60. The highest BCUT2D eigenvalue weighted by Gasteiger charge is 2.12. The topological polar surface area (TPSA) is 56.7 Å². The number of hydrogen-bond donors (Lipinski definition) is 2. The van der Waals surface area contributed by atoms with E-state index in [-0.39, 0.29) is 36.4 Å². The van der Waals surface area contributed by atoms with E-state index >= 15 is 0 Å². The molecular formula is C18H31IN4O. The molecule has 0 radical (unpaired) electrons. The summed E-state index contributed by atoms with van der Waals surface area (Å²) in [5.74, 6) is 1.39. The van der Waals surface area contributed by atoms with Gasteiger partial charge in [0.25, 0.3) is 0 Å². The average molecular weight is 446 g/mol. The van der Waals surface area contributed by atoms with Gasteiger partial charge in [0.05, 0.1) is 6.54 Å². The van der Waals surface area contributed by atoms with E-state index in [0.29, 0.717) is 25.0 Å². The van der Waals surface area contributed by atoms with Crippen molar-refractivity contribution < 1.29 is 4.79 Å². The Bertz CT molecular complexity index is 491. The summed E-state index contributed by atoms with van der Waals surface area (Å²) in [6.45, 7) is 8.80. The minimum absolute atomic E-state index is 0. The molecule has 0 heterocycles. The van der Waals surface area contributed by atoms with E-state index in [1.807, 2.05) is 42.2 Å². The lowest BCUT2D eigenvalue weighted by Crippen LogP contribution is -2.44. The zero-order valence-electron chi connectivity index (χ0n) is 15.2. The molecule has 1 rings (SSSR count). The molecule has 0 aliphatic carbocycles. The predicted octanol–water partition coefficient (Wildman–Crippen LogP) is 2.86. The van der Waals surface area contributed by atoms with Crippen LogP contribution >= 0.6 is 24.0 Å². The summed E-state index contributed by atoms with van der Waals surface area (Å²) in [4.78, 5) is 18.3. The SMILES string of the molecule is CCN(Cc1ccccc1)C(=O)CNC(=NC)NCCC(C)C.I. The smallest absolute Gasteiger partial charge is 0.242 e. The third-order valence-corrected chi connectivity index (χ3v) is 3.60. The summed E-state index contributed by atoms with van der Waals surface area (Å²) in [6, 6.07) is 10.0. The van der Waals surface area contributed by atoms with Crippen molar-refractivity contribution in [3.63, 3.8) is 0 Å². The number of nitrogens with zero attached hydrogens (tertiary/aromatic N) is 2. The lowest BCUT2D eigenvalue weighted by Gasteiger charge is -2.22. The molecule has 0 unspecified atom stereocenters. The van der Waals surface area contributed by atoms with Gasteiger partial charge in [0.1, 0.15) is 0 Å². The van der Waals surface area contributed by atoms with E-state index in [1.165, 1.54) is 0 Å². The van der Waals surface area contributed by atoms with Gasteiger partial charge in [-0.25, -0.2) is 0 Å². The van der Waals surface area contributed by atoms with Crippen LogP contribution in [0.15, 0.2) is 35.3 Å². The molecule has 1 aromatic rings. The van der Waals surface area contributed by atoms with Gasteiger partial charge < -0.3 is 15.5 Å². The highest BCUT2D eigenvalue weighted by molar-refractivity contribution is 14.0. The Hall–Kier alpha value is -1.31. The van der Waals surface area contributed by atoms with Gasteiger partial charge in [0.15, 0.2) is 5.96 Å². The van der Waals surface area contributed by atoms with Crippen LogP contribution in [0.2, 0.25) is 0 Å². The van der Waals surface area contributed by atoms with Crippen molar-refractivity contribution in [3.05, 3.63) is 35.9 Å². The Labute approximate surface area is 163 Å². The van der Waals surface area contributed by atoms with Gasteiger partial charge in [-0.2, -0.15) is 0 Å². The minimum Gasteiger partial charge on any atom is -0.356 e. The van der Waals surface area contributed by atoms with Crippen LogP contribution in [-0.2, 0) is 11.3 Å². The van der Waals surface area contributed by atoms with E-state index < -0.39 is 0 Å². The molecule has 0 fully saturated rings.